The van der Waals surface area contributed by atoms with Crippen LogP contribution in [-0.4, -0.2) is 38.5 Å². The number of unbranched alkanes of at least 4 members (excludes halogenated alkanes) is 3. The lowest BCUT2D eigenvalue weighted by Crippen LogP contribution is -2.06. The highest BCUT2D eigenvalue weighted by Crippen LogP contribution is 2.17. The molecule has 2 aromatic rings. The van der Waals surface area contributed by atoms with Crippen molar-refractivity contribution < 1.29 is 0 Å². The molecule has 0 radical (unpaired) electrons. The normalized spacial score (nSPS) is 11.0. The van der Waals surface area contributed by atoms with E-state index >= 15 is 0 Å². The molecule has 0 aliphatic heterocycles. The van der Waals surface area contributed by atoms with Gasteiger partial charge >= 0.3 is 0 Å². The van der Waals surface area contributed by atoms with Gasteiger partial charge in [0.1, 0.15) is 5.52 Å². The summed E-state index contributed by atoms with van der Waals surface area (Å²) in [6, 6.07) is 0. The first-order valence-electron chi connectivity index (χ1n) is 6.50. The maximum atomic E-state index is 5.65. The monoisotopic (exact) mass is 280 g/mol. The Balaban J connectivity index is 1.79. The number of hydrogen-bond acceptors (Lipinski definition) is 6. The number of hydrogen-bond donors (Lipinski definition) is 3. The Morgan fingerprint density at radius 1 is 1.26 bits per heavy atom. The number of fused-ring (bicyclic) bond motifs is 1. The van der Waals surface area contributed by atoms with E-state index in [0.29, 0.717) is 5.65 Å². The molecule has 104 valence electrons. The molecule has 0 unspecified atom stereocenters. The van der Waals surface area contributed by atoms with Crippen LogP contribution in [0, 0.1) is 0 Å². The molecule has 0 saturated carbocycles. The molecule has 0 atom stereocenters. The van der Waals surface area contributed by atoms with E-state index in [1.54, 1.807) is 6.33 Å². The number of anilines is 2. The first-order valence-corrected chi connectivity index (χ1v) is 7.90. The zero-order valence-electron chi connectivity index (χ0n) is 11.1. The summed E-state index contributed by atoms with van der Waals surface area (Å²) >= 11 is 1.91. The van der Waals surface area contributed by atoms with Crippen LogP contribution in [0.4, 0.5) is 11.8 Å². The lowest BCUT2D eigenvalue weighted by Gasteiger charge is -2.06. The molecule has 4 N–H and O–H groups in total. The Morgan fingerprint density at radius 2 is 2.11 bits per heavy atom. The van der Waals surface area contributed by atoms with Gasteiger partial charge in [0.2, 0.25) is 5.95 Å². The summed E-state index contributed by atoms with van der Waals surface area (Å²) in [5.74, 6) is 2.25. The molecule has 7 heteroatoms. The smallest absolute Gasteiger partial charge is 0.224 e. The summed E-state index contributed by atoms with van der Waals surface area (Å²) in [6.45, 7) is 0.893. The first-order chi connectivity index (χ1) is 9.31. The second kappa shape index (κ2) is 7.18. The number of nitrogen functional groups attached to an aromatic ring is 1. The van der Waals surface area contributed by atoms with Gasteiger partial charge in [0.15, 0.2) is 11.5 Å². The van der Waals surface area contributed by atoms with Crippen molar-refractivity contribution in [2.75, 3.05) is 29.6 Å². The van der Waals surface area contributed by atoms with E-state index in [9.17, 15) is 0 Å². The fourth-order valence-corrected chi connectivity index (χ4v) is 2.40. The van der Waals surface area contributed by atoms with Crippen molar-refractivity contribution in [3.05, 3.63) is 6.33 Å². The van der Waals surface area contributed by atoms with E-state index in [1.807, 2.05) is 11.8 Å². The topological polar surface area (TPSA) is 92.5 Å². The minimum absolute atomic E-state index is 0.252. The molecule has 19 heavy (non-hydrogen) atoms. The van der Waals surface area contributed by atoms with Crippen molar-refractivity contribution in [1.82, 2.24) is 19.9 Å². The largest absolute Gasteiger partial charge is 0.368 e. The number of aromatic nitrogens is 4. The second-order valence-electron chi connectivity index (χ2n) is 4.37. The molecule has 0 aromatic carbocycles. The molecule has 0 aliphatic carbocycles. The molecule has 6 nitrogen and oxygen atoms in total. The Hall–Kier alpha value is -1.50. The van der Waals surface area contributed by atoms with E-state index in [4.69, 9.17) is 5.73 Å². The Morgan fingerprint density at radius 3 is 2.95 bits per heavy atom. The molecule has 0 fully saturated rings. The number of rotatable bonds is 8. The van der Waals surface area contributed by atoms with Crippen LogP contribution in [0.1, 0.15) is 25.7 Å². The molecular weight excluding hydrogens is 260 g/mol. The highest BCUT2D eigenvalue weighted by molar-refractivity contribution is 7.98. The van der Waals surface area contributed by atoms with Crippen molar-refractivity contribution in [1.29, 1.82) is 0 Å². The summed E-state index contributed by atoms with van der Waals surface area (Å²) in [5, 5.41) is 3.30. The Labute approximate surface area is 117 Å². The lowest BCUT2D eigenvalue weighted by molar-refractivity contribution is 0.688. The molecule has 0 amide bonds. The molecule has 0 bridgehead atoms. The van der Waals surface area contributed by atoms with Crippen LogP contribution in [0.2, 0.25) is 0 Å². The summed E-state index contributed by atoms with van der Waals surface area (Å²) in [6.07, 6.45) is 8.71. The fourth-order valence-electron chi connectivity index (χ4n) is 1.91. The van der Waals surface area contributed by atoms with Crippen LogP contribution in [0.3, 0.4) is 0 Å². The summed E-state index contributed by atoms with van der Waals surface area (Å²) < 4.78 is 0. The number of nitrogens with zero attached hydrogens (tertiary/aromatic N) is 3. The predicted molar refractivity (Wildman–Crippen MR) is 81.4 cm³/mol. The summed E-state index contributed by atoms with van der Waals surface area (Å²) in [5.41, 5.74) is 7.07. The molecule has 0 spiro atoms. The van der Waals surface area contributed by atoms with Crippen molar-refractivity contribution in [3.63, 3.8) is 0 Å². The number of aromatic amines is 1. The van der Waals surface area contributed by atoms with E-state index in [-0.39, 0.29) is 5.95 Å². The van der Waals surface area contributed by atoms with Crippen LogP contribution < -0.4 is 11.1 Å². The first kappa shape index (κ1) is 13.9. The number of H-pyrrole nitrogens is 1. The third kappa shape index (κ3) is 3.99. The number of imidazole rings is 1. The van der Waals surface area contributed by atoms with E-state index in [1.165, 1.54) is 25.0 Å². The molecule has 2 rings (SSSR count). The minimum atomic E-state index is 0.252. The van der Waals surface area contributed by atoms with Crippen molar-refractivity contribution in [2.24, 2.45) is 0 Å². The quantitative estimate of drug-likeness (QED) is 0.642. The molecule has 2 aromatic heterocycles. The molecule has 0 aliphatic rings. The average Bonchev–Trinajstić information content (AvgIpc) is 2.85. The van der Waals surface area contributed by atoms with E-state index < -0.39 is 0 Å². The van der Waals surface area contributed by atoms with Gasteiger partial charge in [-0.2, -0.15) is 21.7 Å². The van der Waals surface area contributed by atoms with Gasteiger partial charge in [-0.1, -0.05) is 12.8 Å². The Bertz CT molecular complexity index is 512. The van der Waals surface area contributed by atoms with Crippen LogP contribution in [0.5, 0.6) is 0 Å². The lowest BCUT2D eigenvalue weighted by atomic mass is 10.2. The number of nitrogens with one attached hydrogen (secondary N) is 2. The van der Waals surface area contributed by atoms with Crippen molar-refractivity contribution in [2.45, 2.75) is 25.7 Å². The zero-order valence-corrected chi connectivity index (χ0v) is 12.0. The molecule has 0 saturated heterocycles. The van der Waals surface area contributed by atoms with Crippen LogP contribution in [0.15, 0.2) is 6.33 Å². The van der Waals surface area contributed by atoms with Crippen molar-refractivity contribution >= 4 is 34.7 Å². The van der Waals surface area contributed by atoms with Gasteiger partial charge in [-0.15, -0.1) is 0 Å². The Kier molecular flexibility index (Phi) is 5.26. The maximum Gasteiger partial charge on any atom is 0.224 e. The van der Waals surface area contributed by atoms with Crippen molar-refractivity contribution in [3.8, 4) is 0 Å². The van der Waals surface area contributed by atoms with Crippen LogP contribution >= 0.6 is 11.8 Å². The SMILES string of the molecule is CSCCCCCCNc1nc(N)nc2nc[nH]c12. The molecule has 2 heterocycles. The summed E-state index contributed by atoms with van der Waals surface area (Å²) in [7, 11) is 0. The van der Waals surface area contributed by atoms with E-state index in [0.717, 1.165) is 24.3 Å². The van der Waals surface area contributed by atoms with Gasteiger partial charge in [-0.05, 0) is 24.9 Å². The highest BCUT2D eigenvalue weighted by Gasteiger charge is 2.07. The van der Waals surface area contributed by atoms with Gasteiger partial charge in [0.05, 0.1) is 6.33 Å². The van der Waals surface area contributed by atoms with E-state index in [2.05, 4.69) is 31.5 Å². The number of thioether (sulfide) groups is 1. The fraction of sp³-hybridized carbons (Fsp3) is 0.583. The second-order valence-corrected chi connectivity index (χ2v) is 5.35. The predicted octanol–water partition coefficient (Wildman–Crippen LogP) is 2.27. The van der Waals surface area contributed by atoms with Gasteiger partial charge in [-0.25, -0.2) is 4.98 Å². The maximum absolute atomic E-state index is 5.65. The standard InChI is InChI=1S/C12H20N6S/c1-19-7-5-3-2-4-6-14-10-9-11(16-8-15-9)18-12(13)17-10/h8H,2-7H2,1H3,(H4,13,14,15,16,17,18). The third-order valence-electron chi connectivity index (χ3n) is 2.87. The molecular formula is C12H20N6S. The third-order valence-corrected chi connectivity index (χ3v) is 3.57. The van der Waals surface area contributed by atoms with Crippen LogP contribution in [-0.2, 0) is 0 Å². The van der Waals surface area contributed by atoms with Gasteiger partial charge < -0.3 is 16.0 Å². The zero-order chi connectivity index (χ0) is 13.5. The van der Waals surface area contributed by atoms with Crippen LogP contribution in [0.25, 0.3) is 11.2 Å². The summed E-state index contributed by atoms with van der Waals surface area (Å²) in [4.78, 5) is 15.4. The minimum Gasteiger partial charge on any atom is -0.368 e. The van der Waals surface area contributed by atoms with Gasteiger partial charge in [-0.3, -0.25) is 0 Å². The number of nitrogens with two attached hydrogens (primary N) is 1. The van der Waals surface area contributed by atoms with Gasteiger partial charge in [0.25, 0.3) is 0 Å². The van der Waals surface area contributed by atoms with Gasteiger partial charge in [0, 0.05) is 6.54 Å². The average molecular weight is 280 g/mol. The highest BCUT2D eigenvalue weighted by atomic mass is 32.2.